The van der Waals surface area contributed by atoms with Crippen molar-refractivity contribution in [1.29, 1.82) is 0 Å². The van der Waals surface area contributed by atoms with Crippen LogP contribution in [0.1, 0.15) is 54.8 Å². The average Bonchev–Trinajstić information content (AvgIpc) is 3.08. The lowest BCUT2D eigenvalue weighted by Gasteiger charge is -2.26. The third-order valence-electron chi connectivity index (χ3n) is 6.77. The Morgan fingerprint density at radius 1 is 1.12 bits per heavy atom. The zero-order valence-electron chi connectivity index (χ0n) is 24.8. The molecule has 1 aliphatic rings. The Kier molecular flexibility index (Phi) is 9.44. The molecule has 1 aromatic heterocycles. The molecule has 10 nitrogen and oxygen atoms in total. The van der Waals surface area contributed by atoms with E-state index in [1.54, 1.807) is 30.1 Å². The third kappa shape index (κ3) is 7.73. The highest BCUT2D eigenvalue weighted by Crippen LogP contribution is 2.28. The maximum absolute atomic E-state index is 13.6. The Labute approximate surface area is 242 Å². The van der Waals surface area contributed by atoms with Crippen LogP contribution in [0, 0.1) is 0 Å². The van der Waals surface area contributed by atoms with Gasteiger partial charge in [-0.3, -0.25) is 4.79 Å². The molecule has 2 aromatic carbocycles. The van der Waals surface area contributed by atoms with Crippen molar-refractivity contribution >= 4 is 29.5 Å². The maximum Gasteiger partial charge on any atom is 0.410 e. The first-order valence-electron chi connectivity index (χ1n) is 13.8. The molecule has 0 bridgehead atoms. The second-order valence-corrected chi connectivity index (χ2v) is 11.1. The topological polar surface area (TPSA) is 100 Å². The number of nitrogens with one attached hydrogen (secondary N) is 1. The molecule has 0 spiro atoms. The van der Waals surface area contributed by atoms with Gasteiger partial charge in [0, 0.05) is 52.7 Å². The number of fused-ring (bicyclic) bond motifs is 1. The molecule has 0 aliphatic carbocycles. The number of hydrogen-bond acceptors (Lipinski definition) is 8. The minimum atomic E-state index is -0.555. The smallest absolute Gasteiger partial charge is 0.410 e. The van der Waals surface area contributed by atoms with E-state index in [1.807, 2.05) is 87.3 Å². The molecule has 0 fully saturated rings. The van der Waals surface area contributed by atoms with E-state index >= 15 is 0 Å². The van der Waals surface area contributed by atoms with Crippen LogP contribution >= 0.6 is 0 Å². The zero-order valence-corrected chi connectivity index (χ0v) is 24.8. The maximum atomic E-state index is 13.6. The fraction of sp³-hybridized carbons (Fsp3) is 0.419. The lowest BCUT2D eigenvalue weighted by molar-refractivity contribution is 0.0137. The number of anilines is 3. The molecule has 10 heteroatoms. The van der Waals surface area contributed by atoms with Crippen molar-refractivity contribution < 1.29 is 19.1 Å². The molecule has 1 aliphatic heterocycles. The van der Waals surface area contributed by atoms with Crippen molar-refractivity contribution in [2.24, 2.45) is 0 Å². The van der Waals surface area contributed by atoms with Crippen LogP contribution in [0.5, 0.6) is 0 Å². The van der Waals surface area contributed by atoms with Gasteiger partial charge in [0.25, 0.3) is 5.91 Å². The first-order chi connectivity index (χ1) is 19.6. The molecule has 2 heterocycles. The standard InChI is InChI=1S/C31H40N6O4/c1-31(2,3)41-30(39)36(6)16-15-26(23-12-8-7-9-13-23)40-21-22-11-10-14-24(19-22)37-18-17-35(5)27-25(28(37)38)20-33-29(32-4)34-27/h7-14,19-20,26H,15-18,21H2,1-6H3,(H,32,33,34)/t26-/m1/s1. The Morgan fingerprint density at radius 3 is 2.59 bits per heavy atom. The molecule has 218 valence electrons. The number of amides is 2. The first-order valence-corrected chi connectivity index (χ1v) is 13.8. The number of hydrogen-bond donors (Lipinski definition) is 1. The van der Waals surface area contributed by atoms with Crippen molar-refractivity contribution in [2.45, 2.75) is 45.5 Å². The van der Waals surface area contributed by atoms with Crippen LogP contribution in [-0.2, 0) is 16.1 Å². The summed E-state index contributed by atoms with van der Waals surface area (Å²) in [6.45, 7) is 7.51. The Morgan fingerprint density at radius 2 is 1.88 bits per heavy atom. The Balaban J connectivity index is 1.47. The van der Waals surface area contributed by atoms with E-state index in [-0.39, 0.29) is 18.1 Å². The number of benzene rings is 2. The van der Waals surface area contributed by atoms with E-state index in [9.17, 15) is 9.59 Å². The van der Waals surface area contributed by atoms with E-state index in [0.29, 0.717) is 50.0 Å². The molecule has 41 heavy (non-hydrogen) atoms. The highest BCUT2D eigenvalue weighted by molar-refractivity contribution is 6.09. The Bertz CT molecular complexity index is 1340. The summed E-state index contributed by atoms with van der Waals surface area (Å²) < 4.78 is 11.9. The summed E-state index contributed by atoms with van der Waals surface area (Å²) in [5, 5.41) is 2.93. The minimum absolute atomic E-state index is 0.141. The molecule has 0 saturated heterocycles. The predicted octanol–water partition coefficient (Wildman–Crippen LogP) is 5.13. The summed E-state index contributed by atoms with van der Waals surface area (Å²) in [7, 11) is 5.41. The summed E-state index contributed by atoms with van der Waals surface area (Å²) >= 11 is 0. The van der Waals surface area contributed by atoms with E-state index in [4.69, 9.17) is 9.47 Å². The van der Waals surface area contributed by atoms with Crippen molar-refractivity contribution in [2.75, 3.05) is 55.9 Å². The molecule has 3 aromatic rings. The second kappa shape index (κ2) is 13.0. The molecule has 0 radical (unpaired) electrons. The van der Waals surface area contributed by atoms with E-state index < -0.39 is 5.60 Å². The molecular formula is C31H40N6O4. The number of nitrogens with zero attached hydrogens (tertiary/aromatic N) is 5. The van der Waals surface area contributed by atoms with Crippen LogP contribution < -0.4 is 15.1 Å². The quantitative estimate of drug-likeness (QED) is 0.385. The van der Waals surface area contributed by atoms with Crippen molar-refractivity contribution in [3.63, 3.8) is 0 Å². The van der Waals surface area contributed by atoms with Crippen molar-refractivity contribution in [3.05, 3.63) is 77.5 Å². The van der Waals surface area contributed by atoms with E-state index in [1.165, 1.54) is 0 Å². The van der Waals surface area contributed by atoms with Crippen LogP contribution in [0.3, 0.4) is 0 Å². The first kappa shape index (κ1) is 29.8. The number of likely N-dealkylation sites (N-methyl/N-ethyl adjacent to an activating group) is 1. The van der Waals surface area contributed by atoms with Crippen LogP contribution in [0.4, 0.5) is 22.2 Å². The van der Waals surface area contributed by atoms with Gasteiger partial charge in [0.1, 0.15) is 17.0 Å². The number of aromatic nitrogens is 2. The van der Waals surface area contributed by atoms with Crippen LogP contribution in [0.25, 0.3) is 0 Å². The number of carbonyl (C=O) groups excluding carboxylic acids is 2. The molecule has 0 unspecified atom stereocenters. The average molecular weight is 561 g/mol. The summed E-state index contributed by atoms with van der Waals surface area (Å²) in [5.41, 5.74) is 2.67. The van der Waals surface area contributed by atoms with Gasteiger partial charge in [0.2, 0.25) is 5.95 Å². The minimum Gasteiger partial charge on any atom is -0.444 e. The lowest BCUT2D eigenvalue weighted by atomic mass is 10.1. The monoisotopic (exact) mass is 560 g/mol. The van der Waals surface area contributed by atoms with Gasteiger partial charge in [0.15, 0.2) is 0 Å². The highest BCUT2D eigenvalue weighted by atomic mass is 16.6. The number of ether oxygens (including phenoxy) is 2. The van der Waals surface area contributed by atoms with Gasteiger partial charge in [-0.25, -0.2) is 9.78 Å². The van der Waals surface area contributed by atoms with Gasteiger partial charge in [-0.15, -0.1) is 0 Å². The SMILES string of the molecule is CNc1ncc2c(n1)N(C)CCN(c1cccc(CO[C@H](CCN(C)C(=O)OC(C)(C)C)c3ccccc3)c1)C2=O. The molecule has 4 rings (SSSR count). The number of rotatable bonds is 9. The van der Waals surface area contributed by atoms with Gasteiger partial charge in [-0.1, -0.05) is 42.5 Å². The zero-order chi connectivity index (χ0) is 29.6. The molecular weight excluding hydrogens is 520 g/mol. The second-order valence-electron chi connectivity index (χ2n) is 11.1. The van der Waals surface area contributed by atoms with Crippen LogP contribution in [0.15, 0.2) is 60.8 Å². The fourth-order valence-corrected chi connectivity index (χ4v) is 4.55. The summed E-state index contributed by atoms with van der Waals surface area (Å²) in [5.74, 6) is 0.942. The largest absolute Gasteiger partial charge is 0.444 e. The normalized spacial score (nSPS) is 14.2. The summed E-state index contributed by atoms with van der Waals surface area (Å²) in [6.07, 6.45) is 1.58. The lowest BCUT2D eigenvalue weighted by Crippen LogP contribution is -2.35. The summed E-state index contributed by atoms with van der Waals surface area (Å²) in [6, 6.07) is 17.8. The van der Waals surface area contributed by atoms with E-state index in [0.717, 1.165) is 16.8 Å². The summed E-state index contributed by atoms with van der Waals surface area (Å²) in [4.78, 5) is 40.1. The van der Waals surface area contributed by atoms with Gasteiger partial charge in [0.05, 0.1) is 12.7 Å². The highest BCUT2D eigenvalue weighted by Gasteiger charge is 2.28. The third-order valence-corrected chi connectivity index (χ3v) is 6.77. The molecule has 2 amide bonds. The van der Waals surface area contributed by atoms with Crippen molar-refractivity contribution in [1.82, 2.24) is 14.9 Å². The van der Waals surface area contributed by atoms with Crippen LogP contribution in [-0.4, -0.2) is 73.2 Å². The molecule has 1 N–H and O–H groups in total. The predicted molar refractivity (Wildman–Crippen MR) is 160 cm³/mol. The van der Waals surface area contributed by atoms with Crippen molar-refractivity contribution in [3.8, 4) is 0 Å². The molecule has 1 atom stereocenters. The number of carbonyl (C=O) groups is 2. The van der Waals surface area contributed by atoms with Gasteiger partial charge >= 0.3 is 6.09 Å². The Hall–Kier alpha value is -4.18. The fourth-order valence-electron chi connectivity index (χ4n) is 4.55. The van der Waals surface area contributed by atoms with Gasteiger partial charge in [-0.05, 0) is 50.5 Å². The van der Waals surface area contributed by atoms with Crippen LogP contribution in [0.2, 0.25) is 0 Å². The van der Waals surface area contributed by atoms with Gasteiger partial charge < -0.3 is 29.5 Å². The van der Waals surface area contributed by atoms with Gasteiger partial charge in [-0.2, -0.15) is 4.98 Å². The van der Waals surface area contributed by atoms with E-state index in [2.05, 4.69) is 15.3 Å². The molecule has 0 saturated carbocycles.